The van der Waals surface area contributed by atoms with Crippen LogP contribution in [-0.2, 0) is 11.3 Å². The van der Waals surface area contributed by atoms with Gasteiger partial charge >= 0.3 is 0 Å². The summed E-state index contributed by atoms with van der Waals surface area (Å²) in [4.78, 5) is 30.6. The maximum Gasteiger partial charge on any atom is 0.230 e. The smallest absolute Gasteiger partial charge is 0.230 e. The van der Waals surface area contributed by atoms with Crippen molar-refractivity contribution in [2.45, 2.75) is 33.2 Å². The number of anilines is 2. The van der Waals surface area contributed by atoms with Crippen molar-refractivity contribution in [1.82, 2.24) is 9.97 Å². The Balaban J connectivity index is 1.35. The molecule has 1 fully saturated rings. The Labute approximate surface area is 207 Å². The Morgan fingerprint density at radius 2 is 1.91 bits per heavy atom. The summed E-state index contributed by atoms with van der Waals surface area (Å²) in [6, 6.07) is 11.9. The van der Waals surface area contributed by atoms with Gasteiger partial charge in [-0.1, -0.05) is 6.07 Å². The van der Waals surface area contributed by atoms with Gasteiger partial charge in [-0.2, -0.15) is 0 Å². The molecule has 1 amide bonds. The monoisotopic (exact) mass is 492 g/mol. The van der Waals surface area contributed by atoms with Crippen molar-refractivity contribution in [3.63, 3.8) is 0 Å². The highest BCUT2D eigenvalue weighted by atomic mass is 32.1. The van der Waals surface area contributed by atoms with Crippen LogP contribution in [0.2, 0.25) is 0 Å². The molecule has 34 heavy (non-hydrogen) atoms. The number of hydrogen-bond acceptors (Lipinski definition) is 7. The van der Waals surface area contributed by atoms with Gasteiger partial charge in [0.15, 0.2) is 0 Å². The number of nitrogens with zero attached hydrogens (tertiary/aromatic N) is 4. The van der Waals surface area contributed by atoms with Crippen LogP contribution >= 0.6 is 22.7 Å². The molecule has 0 aliphatic carbocycles. The molecule has 0 unspecified atom stereocenters. The van der Waals surface area contributed by atoms with E-state index in [0.717, 1.165) is 53.4 Å². The maximum atomic E-state index is 13.7. The topological polar surface area (TPSA) is 58.6 Å². The van der Waals surface area contributed by atoms with Gasteiger partial charge in [-0.15, -0.1) is 22.7 Å². The average Bonchev–Trinajstić information content (AvgIpc) is 3.50. The van der Waals surface area contributed by atoms with Crippen molar-refractivity contribution < 1.29 is 9.53 Å². The fourth-order valence-electron chi connectivity index (χ4n) is 4.58. The molecule has 0 radical (unpaired) electrons. The fraction of sp³-hybridized carbons (Fsp3) is 0.346. The van der Waals surface area contributed by atoms with E-state index in [-0.39, 0.29) is 11.8 Å². The van der Waals surface area contributed by atoms with E-state index < -0.39 is 0 Å². The number of hydrogen-bond donors (Lipinski definition) is 0. The SMILES string of the molecule is COc1ccc(N(Cc2cccs2)C(=O)C2CCN(c3ncnc4sc(C)c(C)c34)CC2)cc1. The molecule has 176 valence electrons. The summed E-state index contributed by atoms with van der Waals surface area (Å²) in [5, 5.41) is 3.22. The lowest BCUT2D eigenvalue weighted by Crippen LogP contribution is -2.42. The molecular formula is C26H28N4O2S2. The van der Waals surface area contributed by atoms with Gasteiger partial charge < -0.3 is 14.5 Å². The molecule has 0 atom stereocenters. The lowest BCUT2D eigenvalue weighted by Gasteiger charge is -2.35. The fourth-order valence-corrected chi connectivity index (χ4v) is 6.26. The number of fused-ring (bicyclic) bond motifs is 1. The zero-order valence-electron chi connectivity index (χ0n) is 19.7. The van der Waals surface area contributed by atoms with Gasteiger partial charge in [-0.05, 0) is 68.0 Å². The maximum absolute atomic E-state index is 13.7. The number of thiophene rings is 2. The summed E-state index contributed by atoms with van der Waals surface area (Å²) in [5.41, 5.74) is 2.17. The number of rotatable bonds is 6. The lowest BCUT2D eigenvalue weighted by molar-refractivity contribution is -0.123. The minimum atomic E-state index is -0.0130. The molecule has 1 saturated heterocycles. The molecule has 1 aliphatic rings. The average molecular weight is 493 g/mol. The molecule has 3 aromatic heterocycles. The van der Waals surface area contributed by atoms with Crippen LogP contribution in [0.25, 0.3) is 10.2 Å². The van der Waals surface area contributed by atoms with E-state index in [0.29, 0.717) is 6.54 Å². The normalized spacial score (nSPS) is 14.5. The van der Waals surface area contributed by atoms with Crippen LogP contribution in [0.15, 0.2) is 48.1 Å². The molecule has 1 aromatic carbocycles. The minimum Gasteiger partial charge on any atom is -0.497 e. The van der Waals surface area contributed by atoms with Crippen LogP contribution in [0, 0.1) is 19.8 Å². The predicted molar refractivity (Wildman–Crippen MR) is 140 cm³/mol. The van der Waals surface area contributed by atoms with E-state index in [9.17, 15) is 4.79 Å². The Morgan fingerprint density at radius 3 is 2.59 bits per heavy atom. The molecule has 6 nitrogen and oxygen atoms in total. The standard InChI is InChI=1S/C26H28N4O2S2/c1-17-18(2)34-25-23(17)24(27-16-28-25)29-12-10-19(11-13-29)26(31)30(15-22-5-4-14-33-22)20-6-8-21(32-3)9-7-20/h4-9,14,16,19H,10-13,15H2,1-3H3. The van der Waals surface area contributed by atoms with Crippen LogP contribution in [0.3, 0.4) is 0 Å². The third-order valence-electron chi connectivity index (χ3n) is 6.63. The van der Waals surface area contributed by atoms with Crippen molar-refractivity contribution in [3.8, 4) is 5.75 Å². The zero-order chi connectivity index (χ0) is 23.7. The Bertz CT molecular complexity index is 1280. The molecule has 4 heterocycles. The summed E-state index contributed by atoms with van der Waals surface area (Å²) in [7, 11) is 1.65. The zero-order valence-corrected chi connectivity index (χ0v) is 21.3. The molecule has 1 aliphatic heterocycles. The molecule has 8 heteroatoms. The second-order valence-electron chi connectivity index (χ2n) is 8.62. The largest absolute Gasteiger partial charge is 0.497 e. The van der Waals surface area contributed by atoms with Crippen LogP contribution < -0.4 is 14.5 Å². The third-order valence-corrected chi connectivity index (χ3v) is 8.61. The molecular weight excluding hydrogens is 464 g/mol. The molecule has 0 saturated carbocycles. The molecule has 0 bridgehead atoms. The van der Waals surface area contributed by atoms with Gasteiger partial charge in [-0.3, -0.25) is 4.79 Å². The summed E-state index contributed by atoms with van der Waals surface area (Å²) in [5.74, 6) is 1.97. The molecule has 4 aromatic rings. The van der Waals surface area contributed by atoms with Crippen molar-refractivity contribution >= 4 is 50.3 Å². The number of ether oxygens (including phenoxy) is 1. The Kier molecular flexibility index (Phi) is 6.52. The highest BCUT2D eigenvalue weighted by Gasteiger charge is 2.31. The number of methoxy groups -OCH3 is 1. The van der Waals surface area contributed by atoms with Crippen LogP contribution in [0.5, 0.6) is 5.75 Å². The second-order valence-corrected chi connectivity index (χ2v) is 10.9. The van der Waals surface area contributed by atoms with Crippen molar-refractivity contribution in [3.05, 3.63) is 63.4 Å². The molecule has 5 rings (SSSR count). The van der Waals surface area contributed by atoms with Crippen molar-refractivity contribution in [1.29, 1.82) is 0 Å². The first kappa shape index (κ1) is 22.8. The number of aryl methyl sites for hydroxylation is 2. The lowest BCUT2D eigenvalue weighted by atomic mass is 9.94. The molecule has 0 spiro atoms. The van der Waals surface area contributed by atoms with Gasteiger partial charge in [0.05, 0.1) is 19.0 Å². The van der Waals surface area contributed by atoms with Crippen molar-refractivity contribution in [2.75, 3.05) is 30.0 Å². The van der Waals surface area contributed by atoms with E-state index in [1.807, 2.05) is 35.2 Å². The number of benzene rings is 1. The van der Waals surface area contributed by atoms with Gasteiger partial charge in [0.2, 0.25) is 5.91 Å². The van der Waals surface area contributed by atoms with E-state index in [1.54, 1.807) is 36.1 Å². The summed E-state index contributed by atoms with van der Waals surface area (Å²) >= 11 is 3.40. The number of carbonyl (C=O) groups is 1. The Hall–Kier alpha value is -2.97. The number of carbonyl (C=O) groups excluding carboxylic acids is 1. The van der Waals surface area contributed by atoms with Gasteiger partial charge in [-0.25, -0.2) is 9.97 Å². The highest BCUT2D eigenvalue weighted by Crippen LogP contribution is 2.36. The van der Waals surface area contributed by atoms with Gasteiger partial charge in [0.25, 0.3) is 0 Å². The Morgan fingerprint density at radius 1 is 1.15 bits per heavy atom. The quantitative estimate of drug-likeness (QED) is 0.339. The predicted octanol–water partition coefficient (Wildman–Crippen LogP) is 5.83. The van der Waals surface area contributed by atoms with Crippen LogP contribution in [0.1, 0.15) is 28.2 Å². The van der Waals surface area contributed by atoms with E-state index in [1.165, 1.54) is 15.3 Å². The van der Waals surface area contributed by atoms with Crippen LogP contribution in [-0.4, -0.2) is 36.1 Å². The van der Waals surface area contributed by atoms with E-state index in [2.05, 4.69) is 40.2 Å². The number of piperidine rings is 1. The van der Waals surface area contributed by atoms with Gasteiger partial charge in [0, 0.05) is 34.4 Å². The number of amides is 1. The minimum absolute atomic E-state index is 0.0130. The van der Waals surface area contributed by atoms with Gasteiger partial charge in [0.1, 0.15) is 22.7 Å². The van der Waals surface area contributed by atoms with E-state index in [4.69, 9.17) is 4.74 Å². The summed E-state index contributed by atoms with van der Waals surface area (Å²) in [6.07, 6.45) is 3.28. The first-order valence-electron chi connectivity index (χ1n) is 11.5. The van der Waals surface area contributed by atoms with E-state index >= 15 is 0 Å². The highest BCUT2D eigenvalue weighted by molar-refractivity contribution is 7.18. The number of aromatic nitrogens is 2. The second kappa shape index (κ2) is 9.72. The summed E-state index contributed by atoms with van der Waals surface area (Å²) in [6.45, 7) is 6.49. The van der Waals surface area contributed by atoms with Crippen molar-refractivity contribution in [2.24, 2.45) is 5.92 Å². The first-order valence-corrected chi connectivity index (χ1v) is 13.2. The third kappa shape index (κ3) is 4.40. The molecule has 0 N–H and O–H groups in total. The summed E-state index contributed by atoms with van der Waals surface area (Å²) < 4.78 is 5.31. The van der Waals surface area contributed by atoms with Crippen LogP contribution in [0.4, 0.5) is 11.5 Å². The first-order chi connectivity index (χ1) is 16.5.